The third-order valence-corrected chi connectivity index (χ3v) is 1.63. The maximum Gasteiger partial charge on any atom is 0.128 e. The molecule has 12 heavy (non-hydrogen) atoms. The van der Waals surface area contributed by atoms with Crippen LogP contribution < -0.4 is 5.48 Å². The summed E-state index contributed by atoms with van der Waals surface area (Å²) in [5.74, 6) is -0.409. The molecule has 1 aromatic rings. The van der Waals surface area contributed by atoms with Crippen molar-refractivity contribution in [2.24, 2.45) is 0 Å². The van der Waals surface area contributed by atoms with Crippen LogP contribution in [0.1, 0.15) is 11.1 Å². The van der Waals surface area contributed by atoms with E-state index in [-0.39, 0.29) is 17.9 Å². The molecule has 4 heteroatoms. The van der Waals surface area contributed by atoms with Gasteiger partial charge in [-0.1, -0.05) is 0 Å². The predicted molar refractivity (Wildman–Crippen MR) is 41.4 cm³/mol. The molecular weight excluding hydrogens is 161 g/mol. The van der Waals surface area contributed by atoms with Crippen molar-refractivity contribution in [3.05, 3.63) is 29.1 Å². The molecule has 0 heterocycles. The third-order valence-electron chi connectivity index (χ3n) is 1.63. The topological polar surface area (TPSA) is 52.5 Å². The molecule has 0 bridgehead atoms. The Morgan fingerprint density at radius 1 is 1.50 bits per heavy atom. The minimum absolute atomic E-state index is 0.0142. The Hall–Kier alpha value is -1.13. The maximum absolute atomic E-state index is 13.0. The molecule has 0 atom stereocenters. The van der Waals surface area contributed by atoms with Crippen LogP contribution in [0.4, 0.5) is 4.39 Å². The van der Waals surface area contributed by atoms with E-state index >= 15 is 0 Å². The Balaban J connectivity index is 3.05. The average molecular weight is 171 g/mol. The summed E-state index contributed by atoms with van der Waals surface area (Å²) >= 11 is 0. The van der Waals surface area contributed by atoms with Gasteiger partial charge in [0.25, 0.3) is 0 Å². The Morgan fingerprint density at radius 2 is 2.17 bits per heavy atom. The molecule has 0 fully saturated rings. The standard InChI is InChI=1S/C8H10FNO2/c1-5-2-7(9)6(4-10-12)3-8(5)11/h2-3,10-12H,4H2,1H3. The first kappa shape index (κ1) is 8.96. The first-order valence-corrected chi connectivity index (χ1v) is 3.50. The van der Waals surface area contributed by atoms with Gasteiger partial charge in [-0.15, -0.1) is 0 Å². The Morgan fingerprint density at radius 3 is 2.75 bits per heavy atom. The maximum atomic E-state index is 13.0. The molecule has 0 aliphatic rings. The zero-order chi connectivity index (χ0) is 9.14. The number of phenols is 1. The van der Waals surface area contributed by atoms with E-state index in [1.54, 1.807) is 6.92 Å². The number of phenolic OH excluding ortho intramolecular Hbond substituents is 1. The molecule has 0 saturated carbocycles. The van der Waals surface area contributed by atoms with Gasteiger partial charge in [-0.3, -0.25) is 0 Å². The lowest BCUT2D eigenvalue weighted by molar-refractivity contribution is 0.160. The molecule has 0 aliphatic heterocycles. The van der Waals surface area contributed by atoms with Crippen LogP contribution in [0.5, 0.6) is 5.75 Å². The van der Waals surface area contributed by atoms with E-state index in [4.69, 9.17) is 5.21 Å². The van der Waals surface area contributed by atoms with Crippen molar-refractivity contribution in [3.63, 3.8) is 0 Å². The van der Waals surface area contributed by atoms with E-state index in [0.29, 0.717) is 5.56 Å². The van der Waals surface area contributed by atoms with Gasteiger partial charge < -0.3 is 10.3 Å². The van der Waals surface area contributed by atoms with Crippen molar-refractivity contribution >= 4 is 0 Å². The highest BCUT2D eigenvalue weighted by Gasteiger charge is 2.05. The van der Waals surface area contributed by atoms with Gasteiger partial charge >= 0.3 is 0 Å². The molecule has 1 rings (SSSR count). The molecule has 0 amide bonds. The lowest BCUT2D eigenvalue weighted by Gasteiger charge is -2.04. The number of hydrogen-bond acceptors (Lipinski definition) is 3. The van der Waals surface area contributed by atoms with Gasteiger partial charge in [-0.2, -0.15) is 0 Å². The summed E-state index contributed by atoms with van der Waals surface area (Å²) in [6.45, 7) is 1.59. The van der Waals surface area contributed by atoms with Gasteiger partial charge in [0.05, 0.1) is 0 Å². The Kier molecular flexibility index (Phi) is 2.62. The fourth-order valence-corrected chi connectivity index (χ4v) is 0.925. The number of halogens is 1. The Labute approximate surface area is 69.4 Å². The van der Waals surface area contributed by atoms with E-state index < -0.39 is 5.82 Å². The number of hydroxylamine groups is 1. The van der Waals surface area contributed by atoms with Crippen LogP contribution >= 0.6 is 0 Å². The van der Waals surface area contributed by atoms with Crippen molar-refractivity contribution in [2.75, 3.05) is 0 Å². The lowest BCUT2D eigenvalue weighted by Crippen LogP contribution is -2.07. The number of aromatic hydroxyl groups is 1. The number of benzene rings is 1. The SMILES string of the molecule is Cc1cc(F)c(CNO)cc1O. The largest absolute Gasteiger partial charge is 0.508 e. The molecule has 0 unspecified atom stereocenters. The minimum Gasteiger partial charge on any atom is -0.508 e. The second kappa shape index (κ2) is 3.51. The molecule has 3 nitrogen and oxygen atoms in total. The van der Waals surface area contributed by atoms with Gasteiger partial charge in [0, 0.05) is 12.1 Å². The fraction of sp³-hybridized carbons (Fsp3) is 0.250. The Bertz CT molecular complexity index is 289. The van der Waals surface area contributed by atoms with Crippen LogP contribution in [0.2, 0.25) is 0 Å². The van der Waals surface area contributed by atoms with Crippen molar-refractivity contribution < 1.29 is 14.7 Å². The summed E-state index contributed by atoms with van der Waals surface area (Å²) in [7, 11) is 0. The summed E-state index contributed by atoms with van der Waals surface area (Å²) in [6.07, 6.45) is 0. The van der Waals surface area contributed by atoms with Crippen LogP contribution in [0.3, 0.4) is 0 Å². The van der Waals surface area contributed by atoms with Gasteiger partial charge in [-0.05, 0) is 24.6 Å². The quantitative estimate of drug-likeness (QED) is 0.588. The predicted octanol–water partition coefficient (Wildman–Crippen LogP) is 1.32. The van der Waals surface area contributed by atoms with Crippen LogP contribution in [-0.2, 0) is 6.54 Å². The van der Waals surface area contributed by atoms with E-state index in [1.165, 1.54) is 12.1 Å². The minimum atomic E-state index is -0.438. The molecule has 0 spiro atoms. The monoisotopic (exact) mass is 171 g/mol. The molecule has 0 aliphatic carbocycles. The lowest BCUT2D eigenvalue weighted by atomic mass is 10.1. The molecule has 66 valence electrons. The number of nitrogens with one attached hydrogen (secondary N) is 1. The molecule has 3 N–H and O–H groups in total. The number of rotatable bonds is 2. The van der Waals surface area contributed by atoms with E-state index in [1.807, 2.05) is 5.48 Å². The van der Waals surface area contributed by atoms with Gasteiger partial charge in [0.15, 0.2) is 0 Å². The highest BCUT2D eigenvalue weighted by molar-refractivity contribution is 5.36. The van der Waals surface area contributed by atoms with Gasteiger partial charge in [-0.25, -0.2) is 9.87 Å². The smallest absolute Gasteiger partial charge is 0.128 e. The first-order valence-electron chi connectivity index (χ1n) is 3.50. The number of hydrogen-bond donors (Lipinski definition) is 3. The summed E-state index contributed by atoms with van der Waals surface area (Å²) in [4.78, 5) is 0. The van der Waals surface area contributed by atoms with Crippen molar-refractivity contribution in [1.29, 1.82) is 0 Å². The summed E-state index contributed by atoms with van der Waals surface area (Å²) in [5, 5.41) is 17.5. The van der Waals surface area contributed by atoms with Crippen LogP contribution in [-0.4, -0.2) is 10.3 Å². The van der Waals surface area contributed by atoms with Crippen molar-refractivity contribution in [2.45, 2.75) is 13.5 Å². The number of aryl methyl sites for hydroxylation is 1. The normalized spacial score (nSPS) is 10.2. The van der Waals surface area contributed by atoms with Gasteiger partial charge in [0.2, 0.25) is 0 Å². The second-order valence-electron chi connectivity index (χ2n) is 2.56. The van der Waals surface area contributed by atoms with E-state index in [9.17, 15) is 9.50 Å². The van der Waals surface area contributed by atoms with Crippen molar-refractivity contribution in [3.8, 4) is 5.75 Å². The second-order valence-corrected chi connectivity index (χ2v) is 2.56. The van der Waals surface area contributed by atoms with Crippen LogP contribution in [0.25, 0.3) is 0 Å². The van der Waals surface area contributed by atoms with Crippen LogP contribution in [0.15, 0.2) is 12.1 Å². The highest BCUT2D eigenvalue weighted by atomic mass is 19.1. The van der Waals surface area contributed by atoms with Gasteiger partial charge in [0.1, 0.15) is 11.6 Å². The molecule has 0 saturated heterocycles. The summed E-state index contributed by atoms with van der Waals surface area (Å²) < 4.78 is 13.0. The fourth-order valence-electron chi connectivity index (χ4n) is 0.925. The third kappa shape index (κ3) is 1.72. The molecular formula is C8H10FNO2. The zero-order valence-electron chi connectivity index (χ0n) is 6.63. The molecule has 0 aromatic heterocycles. The van der Waals surface area contributed by atoms with Crippen molar-refractivity contribution in [1.82, 2.24) is 5.48 Å². The zero-order valence-corrected chi connectivity index (χ0v) is 6.63. The molecule has 1 aromatic carbocycles. The van der Waals surface area contributed by atoms with Crippen LogP contribution in [0, 0.1) is 12.7 Å². The summed E-state index contributed by atoms with van der Waals surface area (Å²) in [5.41, 5.74) is 2.54. The highest BCUT2D eigenvalue weighted by Crippen LogP contribution is 2.20. The van der Waals surface area contributed by atoms with E-state index in [2.05, 4.69) is 0 Å². The molecule has 0 radical (unpaired) electrons. The average Bonchev–Trinajstić information content (AvgIpc) is 2.01. The first-order chi connectivity index (χ1) is 5.65. The summed E-state index contributed by atoms with van der Waals surface area (Å²) in [6, 6.07) is 2.51. The van der Waals surface area contributed by atoms with E-state index in [0.717, 1.165) is 0 Å².